The number of halogens is 1. The minimum Gasteiger partial charge on any atom is -0.292 e. The molecule has 0 spiro atoms. The summed E-state index contributed by atoms with van der Waals surface area (Å²) in [6, 6.07) is 6.86. The number of benzene rings is 1. The number of carbonyl (C=O) groups is 1. The van der Waals surface area contributed by atoms with Gasteiger partial charge in [0.1, 0.15) is 0 Å². The van der Waals surface area contributed by atoms with Crippen LogP contribution in [0.5, 0.6) is 0 Å². The van der Waals surface area contributed by atoms with Gasteiger partial charge in [0.15, 0.2) is 5.78 Å². The van der Waals surface area contributed by atoms with Crippen LogP contribution in [0, 0.1) is 6.92 Å². The lowest BCUT2D eigenvalue weighted by molar-refractivity contribution is 0.0861. The Labute approximate surface area is 128 Å². The van der Waals surface area contributed by atoms with E-state index in [0.29, 0.717) is 17.1 Å². The van der Waals surface area contributed by atoms with Gasteiger partial charge in [0.05, 0.1) is 16.7 Å². The number of likely N-dealkylation sites (N-methyl/N-ethyl adjacent to an activating group) is 1. The van der Waals surface area contributed by atoms with Gasteiger partial charge in [-0.2, -0.15) is 0 Å². The van der Waals surface area contributed by atoms with Crippen LogP contribution < -0.4 is 0 Å². The Morgan fingerprint density at radius 1 is 1.50 bits per heavy atom. The summed E-state index contributed by atoms with van der Waals surface area (Å²) in [5.74, 6) is 0.0713. The van der Waals surface area contributed by atoms with Crippen molar-refractivity contribution in [3.05, 3.63) is 50.9 Å². The summed E-state index contributed by atoms with van der Waals surface area (Å²) in [4.78, 5) is 18.8. The monoisotopic (exact) mass is 308 g/mol. The van der Waals surface area contributed by atoms with Crippen molar-refractivity contribution in [1.29, 1.82) is 0 Å². The zero-order chi connectivity index (χ0) is 14.7. The SMILES string of the molecule is Cc1nc(CN(C)C(C)C(=O)c2cccc(Cl)c2)cs1. The summed E-state index contributed by atoms with van der Waals surface area (Å²) in [5, 5.41) is 3.66. The van der Waals surface area contributed by atoms with Gasteiger partial charge in [0.2, 0.25) is 0 Å². The number of nitrogens with zero attached hydrogens (tertiary/aromatic N) is 2. The van der Waals surface area contributed by atoms with Crippen molar-refractivity contribution in [3.63, 3.8) is 0 Å². The lowest BCUT2D eigenvalue weighted by atomic mass is 10.0. The Balaban J connectivity index is 2.06. The minimum absolute atomic E-state index is 0.0713. The Morgan fingerprint density at radius 3 is 2.85 bits per heavy atom. The normalized spacial score (nSPS) is 12.7. The zero-order valence-corrected chi connectivity index (χ0v) is 13.3. The second-order valence-electron chi connectivity index (χ2n) is 4.82. The first-order valence-electron chi connectivity index (χ1n) is 6.38. The van der Waals surface area contributed by atoms with Crippen molar-refractivity contribution in [2.45, 2.75) is 26.4 Å². The van der Waals surface area contributed by atoms with Crippen molar-refractivity contribution >= 4 is 28.7 Å². The molecular formula is C15H17ClN2OS. The molecule has 3 nitrogen and oxygen atoms in total. The summed E-state index contributed by atoms with van der Waals surface area (Å²) in [6.45, 7) is 4.55. The third-order valence-electron chi connectivity index (χ3n) is 3.23. The van der Waals surface area contributed by atoms with Gasteiger partial charge in [-0.15, -0.1) is 11.3 Å². The molecule has 0 radical (unpaired) electrons. The molecule has 0 bridgehead atoms. The van der Waals surface area contributed by atoms with Crippen LogP contribution in [0.4, 0.5) is 0 Å². The second-order valence-corrected chi connectivity index (χ2v) is 6.32. The molecule has 1 unspecified atom stereocenters. The number of hydrogen-bond donors (Lipinski definition) is 0. The van der Waals surface area contributed by atoms with E-state index in [1.54, 1.807) is 35.6 Å². The Hall–Kier alpha value is -1.23. The Bertz CT molecular complexity index is 611. The number of rotatable bonds is 5. The fourth-order valence-corrected chi connectivity index (χ4v) is 2.75. The van der Waals surface area contributed by atoms with Gasteiger partial charge in [-0.1, -0.05) is 23.7 Å². The standard InChI is InChI=1S/C15H17ClN2OS/c1-10(15(19)12-5-4-6-13(16)7-12)18(3)8-14-9-20-11(2)17-14/h4-7,9-10H,8H2,1-3H3. The smallest absolute Gasteiger partial charge is 0.179 e. The number of aromatic nitrogens is 1. The first kappa shape index (κ1) is 15.2. The molecule has 5 heteroatoms. The maximum absolute atomic E-state index is 12.4. The van der Waals surface area contributed by atoms with Gasteiger partial charge >= 0.3 is 0 Å². The van der Waals surface area contributed by atoms with Crippen molar-refractivity contribution in [1.82, 2.24) is 9.88 Å². The van der Waals surface area contributed by atoms with Crippen molar-refractivity contribution in [2.75, 3.05) is 7.05 Å². The average molecular weight is 309 g/mol. The van der Waals surface area contributed by atoms with E-state index in [-0.39, 0.29) is 11.8 Å². The van der Waals surface area contributed by atoms with Gasteiger partial charge in [-0.25, -0.2) is 4.98 Å². The molecular weight excluding hydrogens is 292 g/mol. The summed E-state index contributed by atoms with van der Waals surface area (Å²) in [7, 11) is 1.93. The van der Waals surface area contributed by atoms with Crippen LogP contribution in [0.2, 0.25) is 5.02 Å². The highest BCUT2D eigenvalue weighted by Crippen LogP contribution is 2.16. The van der Waals surface area contributed by atoms with Crippen LogP contribution in [0.15, 0.2) is 29.6 Å². The molecule has 0 fully saturated rings. The summed E-state index contributed by atoms with van der Waals surface area (Å²) >= 11 is 7.56. The molecule has 1 atom stereocenters. The number of thiazole rings is 1. The van der Waals surface area contributed by atoms with Crippen LogP contribution in [0.25, 0.3) is 0 Å². The molecule has 0 saturated heterocycles. The fraction of sp³-hybridized carbons (Fsp3) is 0.333. The molecule has 1 aromatic heterocycles. The first-order valence-corrected chi connectivity index (χ1v) is 7.64. The summed E-state index contributed by atoms with van der Waals surface area (Å²) < 4.78 is 0. The first-order chi connectivity index (χ1) is 9.47. The molecule has 0 aliphatic rings. The van der Waals surface area contributed by atoms with Crippen LogP contribution in [-0.4, -0.2) is 28.8 Å². The van der Waals surface area contributed by atoms with E-state index < -0.39 is 0 Å². The van der Waals surface area contributed by atoms with Gasteiger partial charge < -0.3 is 0 Å². The van der Waals surface area contributed by atoms with Crippen LogP contribution in [0.1, 0.15) is 28.0 Å². The second kappa shape index (κ2) is 6.48. The highest BCUT2D eigenvalue weighted by molar-refractivity contribution is 7.09. The lowest BCUT2D eigenvalue weighted by Crippen LogP contribution is -2.35. The number of carbonyl (C=O) groups excluding carboxylic acids is 1. The molecule has 2 aromatic rings. The van der Waals surface area contributed by atoms with Gasteiger partial charge in [0, 0.05) is 22.5 Å². The number of Topliss-reactive ketones (excluding diaryl/α,β-unsaturated/α-hetero) is 1. The molecule has 1 heterocycles. The lowest BCUT2D eigenvalue weighted by Gasteiger charge is -2.22. The molecule has 106 valence electrons. The van der Waals surface area contributed by atoms with Crippen LogP contribution in [0.3, 0.4) is 0 Å². The van der Waals surface area contributed by atoms with Crippen molar-refractivity contribution < 1.29 is 4.79 Å². The Morgan fingerprint density at radius 2 is 2.25 bits per heavy atom. The van der Waals surface area contributed by atoms with Gasteiger partial charge in [0.25, 0.3) is 0 Å². The Kier molecular flexibility index (Phi) is 4.91. The fourth-order valence-electron chi connectivity index (χ4n) is 1.96. The molecule has 1 aromatic carbocycles. The van der Waals surface area contributed by atoms with E-state index in [4.69, 9.17) is 11.6 Å². The zero-order valence-electron chi connectivity index (χ0n) is 11.8. The third kappa shape index (κ3) is 3.66. The maximum atomic E-state index is 12.4. The largest absolute Gasteiger partial charge is 0.292 e. The predicted octanol–water partition coefficient (Wildman–Crippen LogP) is 3.81. The van der Waals surface area contributed by atoms with E-state index in [9.17, 15) is 4.79 Å². The van der Waals surface area contributed by atoms with E-state index in [1.807, 2.05) is 31.2 Å². The van der Waals surface area contributed by atoms with Crippen molar-refractivity contribution in [2.24, 2.45) is 0 Å². The molecule has 0 amide bonds. The number of hydrogen-bond acceptors (Lipinski definition) is 4. The van der Waals surface area contributed by atoms with Gasteiger partial charge in [-0.05, 0) is 33.0 Å². The maximum Gasteiger partial charge on any atom is 0.179 e. The molecule has 0 aliphatic heterocycles. The summed E-state index contributed by atoms with van der Waals surface area (Å²) in [6.07, 6.45) is 0. The van der Waals surface area contributed by atoms with Crippen molar-refractivity contribution in [3.8, 4) is 0 Å². The molecule has 2 rings (SSSR count). The quantitative estimate of drug-likeness (QED) is 0.788. The highest BCUT2D eigenvalue weighted by atomic mass is 35.5. The van der Waals surface area contributed by atoms with E-state index in [1.165, 1.54) is 0 Å². The molecule has 0 saturated carbocycles. The van der Waals surface area contributed by atoms with Crippen LogP contribution >= 0.6 is 22.9 Å². The molecule has 0 N–H and O–H groups in total. The molecule has 20 heavy (non-hydrogen) atoms. The highest BCUT2D eigenvalue weighted by Gasteiger charge is 2.20. The van der Waals surface area contributed by atoms with Crippen LogP contribution in [-0.2, 0) is 6.54 Å². The van der Waals surface area contributed by atoms with E-state index in [0.717, 1.165) is 10.7 Å². The average Bonchev–Trinajstić information content (AvgIpc) is 2.82. The number of aryl methyl sites for hydroxylation is 1. The molecule has 0 aliphatic carbocycles. The topological polar surface area (TPSA) is 33.2 Å². The van der Waals surface area contributed by atoms with E-state index >= 15 is 0 Å². The summed E-state index contributed by atoms with van der Waals surface area (Å²) in [5.41, 5.74) is 1.65. The predicted molar refractivity (Wildman–Crippen MR) is 83.6 cm³/mol. The third-order valence-corrected chi connectivity index (χ3v) is 4.29. The van der Waals surface area contributed by atoms with Gasteiger partial charge in [-0.3, -0.25) is 9.69 Å². The van der Waals surface area contributed by atoms with E-state index in [2.05, 4.69) is 4.98 Å². The minimum atomic E-state index is -0.213. The number of ketones is 1.